The summed E-state index contributed by atoms with van der Waals surface area (Å²) in [4.78, 5) is 19.8. The number of hydrazone groups is 1. The highest BCUT2D eigenvalue weighted by Gasteiger charge is 2.14. The van der Waals surface area contributed by atoms with E-state index in [0.29, 0.717) is 11.3 Å². The molecule has 0 unspecified atom stereocenters. The predicted molar refractivity (Wildman–Crippen MR) is 89.9 cm³/mol. The highest BCUT2D eigenvalue weighted by molar-refractivity contribution is 5.82. The average molecular weight is 339 g/mol. The number of nitrogens with zero attached hydrogens (tertiary/aromatic N) is 4. The summed E-state index contributed by atoms with van der Waals surface area (Å²) in [6, 6.07) is 7.27. The van der Waals surface area contributed by atoms with Gasteiger partial charge >= 0.3 is 0 Å². The van der Waals surface area contributed by atoms with E-state index in [1.807, 2.05) is 6.07 Å². The number of hydrogen-bond acceptors (Lipinski definition) is 7. The molecule has 0 saturated carbocycles. The van der Waals surface area contributed by atoms with Crippen LogP contribution in [0, 0.1) is 18.3 Å². The molecule has 0 aliphatic rings. The van der Waals surface area contributed by atoms with Gasteiger partial charge in [0.05, 0.1) is 12.8 Å². The summed E-state index contributed by atoms with van der Waals surface area (Å²) in [6.45, 7) is 1.71. The lowest BCUT2D eigenvalue weighted by atomic mass is 10.1. The van der Waals surface area contributed by atoms with Crippen molar-refractivity contribution in [3.8, 4) is 11.9 Å². The fourth-order valence-electron chi connectivity index (χ4n) is 2.00. The topological polar surface area (TPSA) is 109 Å². The molecule has 1 N–H and O–H groups in total. The Kier molecular flexibility index (Phi) is 6.56. The number of amides is 1. The lowest BCUT2D eigenvalue weighted by Crippen LogP contribution is -2.25. The van der Waals surface area contributed by atoms with Gasteiger partial charge in [0, 0.05) is 30.8 Å². The highest BCUT2D eigenvalue weighted by atomic mass is 16.5. The zero-order valence-corrected chi connectivity index (χ0v) is 13.9. The van der Waals surface area contributed by atoms with Gasteiger partial charge in [-0.2, -0.15) is 10.4 Å². The van der Waals surface area contributed by atoms with Crippen molar-refractivity contribution in [1.82, 2.24) is 15.4 Å². The number of rotatable bonds is 7. The number of nitrogens with one attached hydrogen (secondary N) is 1. The summed E-state index contributed by atoms with van der Waals surface area (Å²) in [5, 5.41) is 13.1. The number of carbonyl (C=O) groups is 1. The van der Waals surface area contributed by atoms with Crippen LogP contribution in [0.25, 0.3) is 0 Å². The Morgan fingerprint density at radius 1 is 1.44 bits per heavy atom. The van der Waals surface area contributed by atoms with Gasteiger partial charge in [0.25, 0.3) is 5.91 Å². The molecule has 8 heteroatoms. The van der Waals surface area contributed by atoms with E-state index in [-0.39, 0.29) is 24.7 Å². The molecule has 128 valence electrons. The maximum absolute atomic E-state index is 11.8. The average Bonchev–Trinajstić information content (AvgIpc) is 2.61. The number of hydrogen-bond donors (Lipinski definition) is 1. The van der Waals surface area contributed by atoms with Crippen molar-refractivity contribution in [1.29, 1.82) is 5.26 Å². The maximum atomic E-state index is 11.8. The third kappa shape index (κ3) is 5.37. The van der Waals surface area contributed by atoms with Crippen LogP contribution in [-0.2, 0) is 16.1 Å². The van der Waals surface area contributed by atoms with E-state index in [0.717, 1.165) is 5.56 Å². The number of pyridine rings is 2. The third-order valence-electron chi connectivity index (χ3n) is 3.06. The van der Waals surface area contributed by atoms with Gasteiger partial charge in [-0.3, -0.25) is 9.78 Å². The van der Waals surface area contributed by atoms with Crippen molar-refractivity contribution in [2.45, 2.75) is 13.5 Å². The summed E-state index contributed by atoms with van der Waals surface area (Å²) in [7, 11) is 1.53. The fourth-order valence-corrected chi connectivity index (χ4v) is 2.00. The quantitative estimate of drug-likeness (QED) is 0.602. The first kappa shape index (κ1) is 18.0. The van der Waals surface area contributed by atoms with Crippen molar-refractivity contribution >= 4 is 12.1 Å². The van der Waals surface area contributed by atoms with Gasteiger partial charge in [-0.15, -0.1) is 0 Å². The Bertz CT molecular complexity index is 800. The molecule has 1 amide bonds. The summed E-state index contributed by atoms with van der Waals surface area (Å²) < 4.78 is 10.4. The van der Waals surface area contributed by atoms with E-state index in [4.69, 9.17) is 9.47 Å². The smallest absolute Gasteiger partial charge is 0.278 e. The first-order valence-corrected chi connectivity index (χ1v) is 7.38. The second-order valence-corrected chi connectivity index (χ2v) is 5.01. The van der Waals surface area contributed by atoms with Crippen LogP contribution in [0.15, 0.2) is 35.7 Å². The second kappa shape index (κ2) is 9.10. The minimum Gasteiger partial charge on any atom is -0.467 e. The van der Waals surface area contributed by atoms with Crippen LogP contribution in [0.5, 0.6) is 5.88 Å². The van der Waals surface area contributed by atoms with Crippen molar-refractivity contribution in [2.75, 3.05) is 13.7 Å². The van der Waals surface area contributed by atoms with Crippen LogP contribution in [0.2, 0.25) is 0 Å². The molecule has 0 atom stereocenters. The Hall–Kier alpha value is -3.31. The van der Waals surface area contributed by atoms with Gasteiger partial charge < -0.3 is 9.47 Å². The zero-order chi connectivity index (χ0) is 18.1. The molecule has 2 heterocycles. The molecule has 0 fully saturated rings. The van der Waals surface area contributed by atoms with Crippen molar-refractivity contribution in [2.24, 2.45) is 5.10 Å². The summed E-state index contributed by atoms with van der Waals surface area (Å²) >= 11 is 0. The summed E-state index contributed by atoms with van der Waals surface area (Å²) in [5.74, 6) is -0.367. The molecule has 0 aliphatic carbocycles. The first-order valence-electron chi connectivity index (χ1n) is 7.38. The largest absolute Gasteiger partial charge is 0.467 e. The SMILES string of the molecule is COCc1cc(C)nc(OCC(=O)NN=Cc2ccncc2)c1C#N. The number of nitriles is 1. The second-order valence-electron chi connectivity index (χ2n) is 5.01. The Labute approximate surface area is 145 Å². The van der Waals surface area contributed by atoms with E-state index in [9.17, 15) is 10.1 Å². The standard InChI is InChI=1S/C17H17N5O3/c1-12-7-14(10-24-2)15(8-18)17(21-12)25-11-16(23)22-20-9-13-3-5-19-6-4-13/h3-7,9H,10-11H2,1-2H3,(H,22,23). The maximum Gasteiger partial charge on any atom is 0.278 e. The van der Waals surface area contributed by atoms with E-state index < -0.39 is 5.91 Å². The van der Waals surface area contributed by atoms with E-state index in [1.165, 1.54) is 13.3 Å². The van der Waals surface area contributed by atoms with Crippen LogP contribution in [0.1, 0.15) is 22.4 Å². The molecular weight excluding hydrogens is 322 g/mol. The molecule has 0 radical (unpaired) electrons. The summed E-state index contributed by atoms with van der Waals surface area (Å²) in [6.07, 6.45) is 4.73. The molecule has 2 aromatic heterocycles. The molecule has 0 saturated heterocycles. The minimum absolute atomic E-state index is 0.0998. The molecule has 8 nitrogen and oxygen atoms in total. The zero-order valence-electron chi connectivity index (χ0n) is 13.9. The molecular formula is C17H17N5O3. The van der Waals surface area contributed by atoms with Crippen LogP contribution >= 0.6 is 0 Å². The first-order chi connectivity index (χ1) is 12.1. The Morgan fingerprint density at radius 3 is 2.88 bits per heavy atom. The molecule has 0 bridgehead atoms. The van der Waals surface area contributed by atoms with Gasteiger partial charge in [-0.25, -0.2) is 10.4 Å². The van der Waals surface area contributed by atoms with E-state index in [1.54, 1.807) is 37.5 Å². The van der Waals surface area contributed by atoms with E-state index in [2.05, 4.69) is 20.5 Å². The minimum atomic E-state index is -0.467. The number of aromatic nitrogens is 2. The number of carbonyl (C=O) groups excluding carboxylic acids is 1. The van der Waals surface area contributed by atoms with Gasteiger partial charge in [-0.05, 0) is 30.7 Å². The Balaban J connectivity index is 1.97. The number of ether oxygens (including phenoxy) is 2. The van der Waals surface area contributed by atoms with Crippen LogP contribution in [-0.4, -0.2) is 35.8 Å². The van der Waals surface area contributed by atoms with Gasteiger partial charge in [0.2, 0.25) is 5.88 Å². The molecule has 2 aromatic rings. The Morgan fingerprint density at radius 2 is 2.20 bits per heavy atom. The molecule has 0 aromatic carbocycles. The number of aryl methyl sites for hydroxylation is 1. The molecule has 25 heavy (non-hydrogen) atoms. The van der Waals surface area contributed by atoms with E-state index >= 15 is 0 Å². The van der Waals surface area contributed by atoms with Crippen LogP contribution in [0.4, 0.5) is 0 Å². The van der Waals surface area contributed by atoms with Crippen LogP contribution in [0.3, 0.4) is 0 Å². The lowest BCUT2D eigenvalue weighted by molar-refractivity contribution is -0.123. The van der Waals surface area contributed by atoms with Gasteiger partial charge in [0.1, 0.15) is 11.6 Å². The van der Waals surface area contributed by atoms with Crippen molar-refractivity contribution in [3.05, 3.63) is 53.0 Å². The monoisotopic (exact) mass is 339 g/mol. The lowest BCUT2D eigenvalue weighted by Gasteiger charge is -2.10. The van der Waals surface area contributed by atoms with Gasteiger partial charge in [0.15, 0.2) is 6.61 Å². The van der Waals surface area contributed by atoms with Gasteiger partial charge in [-0.1, -0.05) is 0 Å². The number of methoxy groups -OCH3 is 1. The third-order valence-corrected chi connectivity index (χ3v) is 3.06. The highest BCUT2D eigenvalue weighted by Crippen LogP contribution is 2.21. The molecule has 0 spiro atoms. The van der Waals surface area contributed by atoms with Crippen LogP contribution < -0.4 is 10.2 Å². The predicted octanol–water partition coefficient (Wildman–Crippen LogP) is 1.33. The summed E-state index contributed by atoms with van der Waals surface area (Å²) in [5.41, 5.74) is 4.71. The van der Waals surface area contributed by atoms with Crippen molar-refractivity contribution < 1.29 is 14.3 Å². The van der Waals surface area contributed by atoms with Crippen molar-refractivity contribution in [3.63, 3.8) is 0 Å². The normalized spacial score (nSPS) is 10.4. The molecule has 0 aliphatic heterocycles. The molecule has 2 rings (SSSR count). The fraction of sp³-hybridized carbons (Fsp3) is 0.235.